The molecule has 0 aromatic carbocycles. The van der Waals surface area contributed by atoms with Crippen LogP contribution in [0, 0.1) is 0 Å². The van der Waals surface area contributed by atoms with Gasteiger partial charge in [0.2, 0.25) is 0 Å². The van der Waals surface area contributed by atoms with E-state index in [9.17, 15) is 0 Å². The molecule has 0 aliphatic heterocycles. The van der Waals surface area contributed by atoms with Gasteiger partial charge in [-0.1, -0.05) is 22.0 Å². The Balaban J connectivity index is 2.01. The van der Waals surface area contributed by atoms with E-state index in [1.165, 1.54) is 24.1 Å². The van der Waals surface area contributed by atoms with Crippen LogP contribution in [0.5, 0.6) is 0 Å². The first-order valence-corrected chi connectivity index (χ1v) is 6.95. The van der Waals surface area contributed by atoms with E-state index in [-0.39, 0.29) is 0 Å². The Morgan fingerprint density at radius 2 is 2.29 bits per heavy atom. The topological polar surface area (TPSA) is 25.4 Å². The SMILES string of the molecule is COCC(Br)CN(C)c1ccc2c(n1)CCC2. The summed E-state index contributed by atoms with van der Waals surface area (Å²) in [5, 5.41) is 0. The first-order valence-electron chi connectivity index (χ1n) is 6.03. The van der Waals surface area contributed by atoms with E-state index in [4.69, 9.17) is 9.72 Å². The number of alkyl halides is 1. The normalized spacial score (nSPS) is 15.7. The van der Waals surface area contributed by atoms with Gasteiger partial charge < -0.3 is 9.64 Å². The summed E-state index contributed by atoms with van der Waals surface area (Å²) in [5.41, 5.74) is 2.71. The van der Waals surface area contributed by atoms with Crippen LogP contribution >= 0.6 is 15.9 Å². The van der Waals surface area contributed by atoms with Crippen molar-refractivity contribution < 1.29 is 4.74 Å². The van der Waals surface area contributed by atoms with Gasteiger partial charge in [0.1, 0.15) is 5.82 Å². The zero-order valence-corrected chi connectivity index (χ0v) is 12.0. The van der Waals surface area contributed by atoms with Crippen molar-refractivity contribution in [1.29, 1.82) is 0 Å². The van der Waals surface area contributed by atoms with Crippen molar-refractivity contribution in [1.82, 2.24) is 4.98 Å². The Kier molecular flexibility index (Phi) is 4.40. The summed E-state index contributed by atoms with van der Waals surface area (Å²) in [5.74, 6) is 1.06. The van der Waals surface area contributed by atoms with E-state index < -0.39 is 0 Å². The number of hydrogen-bond donors (Lipinski definition) is 0. The molecule has 1 aliphatic rings. The number of aryl methyl sites for hydroxylation is 2. The summed E-state index contributed by atoms with van der Waals surface area (Å²) >= 11 is 3.60. The molecule has 0 radical (unpaired) electrons. The lowest BCUT2D eigenvalue weighted by Gasteiger charge is -2.21. The summed E-state index contributed by atoms with van der Waals surface area (Å²) in [6.07, 6.45) is 3.57. The largest absolute Gasteiger partial charge is 0.383 e. The summed E-state index contributed by atoms with van der Waals surface area (Å²) < 4.78 is 5.12. The van der Waals surface area contributed by atoms with Crippen molar-refractivity contribution in [3.05, 3.63) is 23.4 Å². The minimum Gasteiger partial charge on any atom is -0.383 e. The van der Waals surface area contributed by atoms with Crippen molar-refractivity contribution in [2.45, 2.75) is 24.1 Å². The second-order valence-corrected chi connectivity index (χ2v) is 5.86. The lowest BCUT2D eigenvalue weighted by molar-refractivity contribution is 0.201. The predicted molar refractivity (Wildman–Crippen MR) is 74.1 cm³/mol. The first kappa shape index (κ1) is 12.8. The second-order valence-electron chi connectivity index (χ2n) is 4.56. The van der Waals surface area contributed by atoms with Crippen LogP contribution in [-0.4, -0.2) is 37.1 Å². The number of pyridine rings is 1. The number of methoxy groups -OCH3 is 1. The van der Waals surface area contributed by atoms with E-state index in [0.717, 1.165) is 25.4 Å². The van der Waals surface area contributed by atoms with Crippen molar-refractivity contribution in [3.8, 4) is 0 Å². The van der Waals surface area contributed by atoms with Gasteiger partial charge in [-0.15, -0.1) is 0 Å². The molecule has 3 nitrogen and oxygen atoms in total. The van der Waals surface area contributed by atoms with Gasteiger partial charge in [-0.2, -0.15) is 0 Å². The van der Waals surface area contributed by atoms with Crippen LogP contribution < -0.4 is 4.90 Å². The number of fused-ring (bicyclic) bond motifs is 1. The number of anilines is 1. The number of ether oxygens (including phenoxy) is 1. The molecule has 1 aromatic heterocycles. The van der Waals surface area contributed by atoms with Crippen molar-refractivity contribution in [2.75, 3.05) is 32.2 Å². The average molecular weight is 299 g/mol. The van der Waals surface area contributed by atoms with Crippen LogP contribution in [0.3, 0.4) is 0 Å². The Labute approximate surface area is 111 Å². The Hall–Kier alpha value is -0.610. The average Bonchev–Trinajstić information content (AvgIpc) is 2.75. The fourth-order valence-corrected chi connectivity index (χ4v) is 2.94. The van der Waals surface area contributed by atoms with Gasteiger partial charge in [0.25, 0.3) is 0 Å². The molecule has 1 heterocycles. The number of rotatable bonds is 5. The van der Waals surface area contributed by atoms with Gasteiger partial charge in [0, 0.05) is 26.4 Å². The molecule has 1 unspecified atom stereocenters. The molecular weight excluding hydrogens is 280 g/mol. The summed E-state index contributed by atoms with van der Waals surface area (Å²) in [4.78, 5) is 7.25. The van der Waals surface area contributed by atoms with Crippen LogP contribution in [0.1, 0.15) is 17.7 Å². The Morgan fingerprint density at radius 3 is 3.06 bits per heavy atom. The zero-order valence-electron chi connectivity index (χ0n) is 10.4. The monoisotopic (exact) mass is 298 g/mol. The molecule has 1 aromatic rings. The van der Waals surface area contributed by atoms with Gasteiger partial charge in [-0.25, -0.2) is 4.98 Å². The van der Waals surface area contributed by atoms with E-state index in [2.05, 4.69) is 40.0 Å². The van der Waals surface area contributed by atoms with E-state index in [1.54, 1.807) is 7.11 Å². The van der Waals surface area contributed by atoms with Gasteiger partial charge in [0.05, 0.1) is 11.4 Å². The molecular formula is C13H19BrN2O. The molecule has 1 atom stereocenters. The third-order valence-corrected chi connectivity index (χ3v) is 3.68. The minimum absolute atomic E-state index is 0.340. The third-order valence-electron chi connectivity index (χ3n) is 3.12. The van der Waals surface area contributed by atoms with Crippen molar-refractivity contribution >= 4 is 21.7 Å². The smallest absolute Gasteiger partial charge is 0.128 e. The molecule has 17 heavy (non-hydrogen) atoms. The molecule has 2 rings (SSSR count). The molecule has 1 aliphatic carbocycles. The standard InChI is InChI=1S/C13H19BrN2O/c1-16(8-11(14)9-17-2)13-7-6-10-4-3-5-12(10)15-13/h6-7,11H,3-5,8-9H2,1-2H3. The summed E-state index contributed by atoms with van der Waals surface area (Å²) in [6, 6.07) is 4.34. The van der Waals surface area contributed by atoms with Gasteiger partial charge in [0.15, 0.2) is 0 Å². The summed E-state index contributed by atoms with van der Waals surface area (Å²) in [7, 11) is 3.80. The maximum atomic E-state index is 5.12. The summed E-state index contributed by atoms with van der Waals surface area (Å²) in [6.45, 7) is 1.62. The van der Waals surface area contributed by atoms with Crippen LogP contribution in [0.2, 0.25) is 0 Å². The van der Waals surface area contributed by atoms with Crippen LogP contribution in [0.25, 0.3) is 0 Å². The number of hydrogen-bond acceptors (Lipinski definition) is 3. The fraction of sp³-hybridized carbons (Fsp3) is 0.615. The molecule has 0 N–H and O–H groups in total. The van der Waals surface area contributed by atoms with E-state index in [1.807, 2.05) is 0 Å². The highest BCUT2D eigenvalue weighted by molar-refractivity contribution is 9.09. The number of halogens is 1. The fourth-order valence-electron chi connectivity index (χ4n) is 2.25. The minimum atomic E-state index is 0.340. The number of aromatic nitrogens is 1. The van der Waals surface area contributed by atoms with Gasteiger partial charge in [-0.05, 0) is 30.9 Å². The van der Waals surface area contributed by atoms with Crippen molar-refractivity contribution in [3.63, 3.8) is 0 Å². The highest BCUT2D eigenvalue weighted by Gasteiger charge is 2.15. The van der Waals surface area contributed by atoms with Crippen LogP contribution in [-0.2, 0) is 17.6 Å². The molecule has 0 amide bonds. The highest BCUT2D eigenvalue weighted by Crippen LogP contribution is 2.23. The quantitative estimate of drug-likeness (QED) is 0.781. The molecule has 4 heteroatoms. The maximum absolute atomic E-state index is 5.12. The third kappa shape index (κ3) is 3.19. The molecule has 0 saturated carbocycles. The zero-order chi connectivity index (χ0) is 12.3. The molecule has 0 saturated heterocycles. The second kappa shape index (κ2) is 5.83. The first-order chi connectivity index (χ1) is 8.20. The van der Waals surface area contributed by atoms with Crippen LogP contribution in [0.15, 0.2) is 12.1 Å². The lowest BCUT2D eigenvalue weighted by atomic mass is 10.2. The Bertz CT molecular complexity index is 384. The molecule has 0 spiro atoms. The van der Waals surface area contributed by atoms with E-state index >= 15 is 0 Å². The van der Waals surface area contributed by atoms with Crippen molar-refractivity contribution in [2.24, 2.45) is 0 Å². The highest BCUT2D eigenvalue weighted by atomic mass is 79.9. The van der Waals surface area contributed by atoms with Gasteiger partial charge in [-0.3, -0.25) is 0 Å². The maximum Gasteiger partial charge on any atom is 0.128 e. The molecule has 0 fully saturated rings. The molecule has 94 valence electrons. The molecule has 0 bridgehead atoms. The number of nitrogens with zero attached hydrogens (tertiary/aromatic N) is 2. The van der Waals surface area contributed by atoms with E-state index in [0.29, 0.717) is 4.83 Å². The van der Waals surface area contributed by atoms with Gasteiger partial charge >= 0.3 is 0 Å². The van der Waals surface area contributed by atoms with Crippen LogP contribution in [0.4, 0.5) is 5.82 Å². The predicted octanol–water partition coefficient (Wildman–Crippen LogP) is 2.42. The lowest BCUT2D eigenvalue weighted by Crippen LogP contribution is -2.29. The Morgan fingerprint density at radius 1 is 1.47 bits per heavy atom.